The van der Waals surface area contributed by atoms with Gasteiger partial charge in [-0.25, -0.2) is 0 Å². The van der Waals surface area contributed by atoms with Gasteiger partial charge in [0.1, 0.15) is 11.9 Å². The molecule has 0 radical (unpaired) electrons. The first kappa shape index (κ1) is 26.9. The number of aromatic nitrogens is 2. The number of likely N-dealkylation sites (tertiary alicyclic amines) is 1. The Morgan fingerprint density at radius 3 is 2.51 bits per heavy atom. The molecular weight excluding hydrogens is 492 g/mol. The third kappa shape index (κ3) is 6.65. The van der Waals surface area contributed by atoms with E-state index >= 15 is 0 Å². The van der Waals surface area contributed by atoms with Crippen molar-refractivity contribution >= 4 is 16.8 Å². The van der Waals surface area contributed by atoms with Gasteiger partial charge in [-0.1, -0.05) is 30.3 Å². The summed E-state index contributed by atoms with van der Waals surface area (Å²) < 4.78 is 16.8. The fraction of sp³-hybridized carbons (Fsp3) is 0.355. The van der Waals surface area contributed by atoms with E-state index in [1.807, 2.05) is 72.8 Å². The van der Waals surface area contributed by atoms with Gasteiger partial charge in [0.05, 0.1) is 30.5 Å². The van der Waals surface area contributed by atoms with Gasteiger partial charge in [-0.3, -0.25) is 9.89 Å². The van der Waals surface area contributed by atoms with Crippen LogP contribution in [0.25, 0.3) is 22.2 Å². The Balaban J connectivity index is 1.26. The van der Waals surface area contributed by atoms with E-state index in [0.29, 0.717) is 12.2 Å². The number of hydrogen-bond donors (Lipinski definition) is 2. The summed E-state index contributed by atoms with van der Waals surface area (Å²) in [5, 5.41) is 11.6. The number of carbonyl (C=O) groups is 1. The van der Waals surface area contributed by atoms with Crippen molar-refractivity contribution in [3.8, 4) is 17.0 Å². The number of ether oxygens (including phenoxy) is 3. The van der Waals surface area contributed by atoms with Crippen molar-refractivity contribution in [3.63, 3.8) is 0 Å². The van der Waals surface area contributed by atoms with Crippen LogP contribution in [0.1, 0.15) is 34.8 Å². The van der Waals surface area contributed by atoms with Gasteiger partial charge < -0.3 is 24.4 Å². The monoisotopic (exact) mass is 528 g/mol. The van der Waals surface area contributed by atoms with E-state index in [1.165, 1.54) is 0 Å². The minimum atomic E-state index is -0.242. The summed E-state index contributed by atoms with van der Waals surface area (Å²) in [4.78, 5) is 15.6. The van der Waals surface area contributed by atoms with Crippen LogP contribution in [0.3, 0.4) is 0 Å². The molecule has 0 saturated carbocycles. The highest BCUT2D eigenvalue weighted by atomic mass is 16.5. The van der Waals surface area contributed by atoms with E-state index in [1.54, 1.807) is 14.2 Å². The number of H-pyrrole nitrogens is 1. The van der Waals surface area contributed by atoms with Crippen LogP contribution < -0.4 is 10.1 Å². The number of carbonyl (C=O) groups excluding carboxylic acids is 1. The summed E-state index contributed by atoms with van der Waals surface area (Å²) in [6.45, 7) is 4.18. The van der Waals surface area contributed by atoms with E-state index in [9.17, 15) is 4.79 Å². The zero-order valence-corrected chi connectivity index (χ0v) is 22.6. The Hall–Kier alpha value is -3.72. The Morgan fingerprint density at radius 1 is 1.03 bits per heavy atom. The lowest BCUT2D eigenvalue weighted by Gasteiger charge is -2.31. The third-order valence-corrected chi connectivity index (χ3v) is 7.24. The number of rotatable bonds is 11. The number of methoxy groups -OCH3 is 2. The van der Waals surface area contributed by atoms with Crippen LogP contribution in [0.4, 0.5) is 0 Å². The lowest BCUT2D eigenvalue weighted by molar-refractivity contribution is 0.0797. The topological polar surface area (TPSA) is 88.7 Å². The molecule has 1 aromatic heterocycles. The summed E-state index contributed by atoms with van der Waals surface area (Å²) in [6.07, 6.45) is 2.24. The van der Waals surface area contributed by atoms with Gasteiger partial charge in [-0.15, -0.1) is 0 Å². The van der Waals surface area contributed by atoms with Crippen molar-refractivity contribution in [2.75, 3.05) is 47.1 Å². The van der Waals surface area contributed by atoms with Crippen molar-refractivity contribution in [1.82, 2.24) is 20.4 Å². The molecule has 1 aliphatic heterocycles. The number of amides is 1. The molecule has 0 bridgehead atoms. The SMILES string of the molecule is COCCN1CCC(Oc2ccc(-c3n[nH]c4ccc(C(=O)N[C@H](COC)c5ccccc5)cc34)cc2)CC1. The third-order valence-electron chi connectivity index (χ3n) is 7.24. The summed E-state index contributed by atoms with van der Waals surface area (Å²) >= 11 is 0. The molecule has 1 atom stereocenters. The maximum Gasteiger partial charge on any atom is 0.251 e. The molecule has 5 rings (SSSR count). The molecule has 39 heavy (non-hydrogen) atoms. The zero-order valence-electron chi connectivity index (χ0n) is 22.6. The first-order valence-corrected chi connectivity index (χ1v) is 13.5. The van der Waals surface area contributed by atoms with Crippen molar-refractivity contribution in [2.24, 2.45) is 0 Å². The molecule has 8 heteroatoms. The number of benzene rings is 3. The highest BCUT2D eigenvalue weighted by Gasteiger charge is 2.21. The van der Waals surface area contributed by atoms with Gasteiger partial charge in [0.15, 0.2) is 0 Å². The molecule has 4 aromatic rings. The van der Waals surface area contributed by atoms with Gasteiger partial charge in [-0.2, -0.15) is 5.10 Å². The van der Waals surface area contributed by atoms with Crippen molar-refractivity contribution in [1.29, 1.82) is 0 Å². The van der Waals surface area contributed by atoms with Crippen LogP contribution in [-0.2, 0) is 9.47 Å². The first-order chi connectivity index (χ1) is 19.1. The number of hydrogen-bond acceptors (Lipinski definition) is 6. The fourth-order valence-electron chi connectivity index (χ4n) is 5.05. The molecule has 0 aliphatic carbocycles. The first-order valence-electron chi connectivity index (χ1n) is 13.5. The van der Waals surface area contributed by atoms with Gasteiger partial charge in [0, 0.05) is 50.4 Å². The maximum atomic E-state index is 13.2. The van der Waals surface area contributed by atoms with Gasteiger partial charge >= 0.3 is 0 Å². The second-order valence-electron chi connectivity index (χ2n) is 9.90. The molecular formula is C31H36N4O4. The average Bonchev–Trinajstić information content (AvgIpc) is 3.41. The van der Waals surface area contributed by atoms with E-state index in [-0.39, 0.29) is 18.1 Å². The van der Waals surface area contributed by atoms with Crippen LogP contribution in [0, 0.1) is 0 Å². The average molecular weight is 529 g/mol. The van der Waals surface area contributed by atoms with Gasteiger partial charge in [0.25, 0.3) is 5.91 Å². The summed E-state index contributed by atoms with van der Waals surface area (Å²) in [5.41, 5.74) is 4.20. The lowest BCUT2D eigenvalue weighted by Crippen LogP contribution is -2.39. The molecule has 2 heterocycles. The molecule has 1 amide bonds. The van der Waals surface area contributed by atoms with Crippen LogP contribution >= 0.6 is 0 Å². The van der Waals surface area contributed by atoms with Crippen LogP contribution in [0.2, 0.25) is 0 Å². The minimum absolute atomic E-state index is 0.160. The molecule has 204 valence electrons. The standard InChI is InChI=1S/C31H36N4O4/c1-37-19-18-35-16-14-26(15-17-35)39-25-11-8-23(9-12-25)30-27-20-24(10-13-28(27)33-34-30)31(36)32-29(21-38-2)22-6-4-3-5-7-22/h3-13,20,26,29H,14-19,21H2,1-2H3,(H,32,36)(H,33,34)/t29-/m1/s1. The smallest absolute Gasteiger partial charge is 0.251 e. The molecule has 2 N–H and O–H groups in total. The number of nitrogens with one attached hydrogen (secondary N) is 2. The quantitative estimate of drug-likeness (QED) is 0.290. The van der Waals surface area contributed by atoms with Crippen LogP contribution in [-0.4, -0.2) is 74.2 Å². The second kappa shape index (κ2) is 12.9. The van der Waals surface area contributed by atoms with Crippen LogP contribution in [0.15, 0.2) is 72.8 Å². The predicted octanol–water partition coefficient (Wildman–Crippen LogP) is 4.84. The van der Waals surface area contributed by atoms with Crippen molar-refractivity contribution in [2.45, 2.75) is 25.0 Å². The number of aromatic amines is 1. The normalized spacial score (nSPS) is 15.3. The minimum Gasteiger partial charge on any atom is -0.490 e. The zero-order chi connectivity index (χ0) is 27.0. The highest BCUT2D eigenvalue weighted by molar-refractivity contribution is 6.01. The van der Waals surface area contributed by atoms with E-state index in [4.69, 9.17) is 14.2 Å². The number of nitrogens with zero attached hydrogens (tertiary/aromatic N) is 2. The number of piperidine rings is 1. The largest absolute Gasteiger partial charge is 0.490 e. The Morgan fingerprint density at radius 2 is 1.79 bits per heavy atom. The molecule has 0 spiro atoms. The Bertz CT molecular complexity index is 1350. The number of fused-ring (bicyclic) bond motifs is 1. The molecule has 0 unspecified atom stereocenters. The predicted molar refractivity (Wildman–Crippen MR) is 152 cm³/mol. The van der Waals surface area contributed by atoms with E-state index < -0.39 is 0 Å². The summed E-state index contributed by atoms with van der Waals surface area (Å²) in [7, 11) is 3.38. The molecule has 1 saturated heterocycles. The van der Waals surface area contributed by atoms with Crippen molar-refractivity contribution < 1.29 is 19.0 Å². The molecule has 8 nitrogen and oxygen atoms in total. The maximum absolute atomic E-state index is 13.2. The molecule has 3 aromatic carbocycles. The Labute approximate surface area is 229 Å². The fourth-order valence-corrected chi connectivity index (χ4v) is 5.05. The van der Waals surface area contributed by atoms with Gasteiger partial charge in [-0.05, 0) is 60.9 Å². The van der Waals surface area contributed by atoms with Crippen molar-refractivity contribution in [3.05, 3.63) is 83.9 Å². The lowest BCUT2D eigenvalue weighted by atomic mass is 10.0. The summed E-state index contributed by atoms with van der Waals surface area (Å²) in [6, 6.07) is 23.2. The van der Waals surface area contributed by atoms with Crippen LogP contribution in [0.5, 0.6) is 5.75 Å². The van der Waals surface area contributed by atoms with Gasteiger partial charge in [0.2, 0.25) is 0 Å². The van der Waals surface area contributed by atoms with E-state index in [0.717, 1.165) is 72.6 Å². The molecule has 1 fully saturated rings. The second-order valence-corrected chi connectivity index (χ2v) is 9.90. The highest BCUT2D eigenvalue weighted by Crippen LogP contribution is 2.29. The summed E-state index contributed by atoms with van der Waals surface area (Å²) in [5.74, 6) is 0.700. The Kier molecular flexibility index (Phi) is 8.88. The molecule has 1 aliphatic rings. The van der Waals surface area contributed by atoms with E-state index in [2.05, 4.69) is 20.4 Å².